The predicted molar refractivity (Wildman–Crippen MR) is 122 cm³/mol. The van der Waals surface area contributed by atoms with E-state index in [9.17, 15) is 4.79 Å². The second-order valence-electron chi connectivity index (χ2n) is 7.99. The molecule has 1 amide bonds. The molecule has 0 unspecified atom stereocenters. The Morgan fingerprint density at radius 3 is 2.94 bits per heavy atom. The molecule has 1 aliphatic rings. The number of amides is 1. The van der Waals surface area contributed by atoms with Gasteiger partial charge in [0.2, 0.25) is 0 Å². The SMILES string of the molecule is Cc1cc(C(=O)N(Cc2cccc(OCCc3ccsc3)c2)C[C@H]2CCCO2)n(C)n1. The van der Waals surface area contributed by atoms with Crippen LogP contribution in [0.1, 0.15) is 40.2 Å². The summed E-state index contributed by atoms with van der Waals surface area (Å²) in [6, 6.07) is 12.0. The average Bonchev–Trinajstić information content (AvgIpc) is 3.51. The molecule has 31 heavy (non-hydrogen) atoms. The van der Waals surface area contributed by atoms with Crippen molar-refractivity contribution in [1.29, 1.82) is 0 Å². The molecule has 3 aromatic rings. The molecule has 0 bridgehead atoms. The van der Waals surface area contributed by atoms with Gasteiger partial charge in [0.15, 0.2) is 0 Å². The smallest absolute Gasteiger partial charge is 0.272 e. The van der Waals surface area contributed by atoms with Crippen LogP contribution in [0.3, 0.4) is 0 Å². The lowest BCUT2D eigenvalue weighted by Crippen LogP contribution is -2.37. The summed E-state index contributed by atoms with van der Waals surface area (Å²) in [5, 5.41) is 8.57. The first-order chi connectivity index (χ1) is 15.1. The summed E-state index contributed by atoms with van der Waals surface area (Å²) in [7, 11) is 1.81. The molecule has 6 nitrogen and oxygen atoms in total. The Morgan fingerprint density at radius 2 is 2.23 bits per heavy atom. The minimum atomic E-state index is -0.0256. The van der Waals surface area contributed by atoms with Gasteiger partial charge in [-0.25, -0.2) is 0 Å². The van der Waals surface area contributed by atoms with Gasteiger partial charge in [-0.1, -0.05) is 12.1 Å². The molecule has 0 radical (unpaired) electrons. The third-order valence-corrected chi connectivity index (χ3v) is 6.20. The highest BCUT2D eigenvalue weighted by atomic mass is 32.1. The number of aromatic nitrogens is 2. The van der Waals surface area contributed by atoms with E-state index in [2.05, 4.69) is 21.9 Å². The molecule has 1 aliphatic heterocycles. The van der Waals surface area contributed by atoms with Gasteiger partial charge < -0.3 is 14.4 Å². The highest BCUT2D eigenvalue weighted by Crippen LogP contribution is 2.20. The number of ether oxygens (including phenoxy) is 2. The van der Waals surface area contributed by atoms with Crippen LogP contribution in [0.15, 0.2) is 47.2 Å². The maximum atomic E-state index is 13.3. The number of hydrogen-bond donors (Lipinski definition) is 0. The van der Waals surface area contributed by atoms with Crippen molar-refractivity contribution < 1.29 is 14.3 Å². The standard InChI is InChI=1S/C24H29N3O3S/c1-18-13-23(26(2)25-18)24(28)27(16-22-7-4-10-29-22)15-20-5-3-6-21(14-20)30-11-8-19-9-12-31-17-19/h3,5-6,9,12-14,17,22H,4,7-8,10-11,15-16H2,1-2H3/t22-/m1/s1. The summed E-state index contributed by atoms with van der Waals surface area (Å²) in [4.78, 5) is 15.2. The number of thiophene rings is 1. The van der Waals surface area contributed by atoms with Crippen LogP contribution in [0.2, 0.25) is 0 Å². The summed E-state index contributed by atoms with van der Waals surface area (Å²) < 4.78 is 13.4. The Balaban J connectivity index is 1.45. The number of benzene rings is 1. The molecule has 0 aliphatic carbocycles. The van der Waals surface area contributed by atoms with Crippen LogP contribution < -0.4 is 4.74 Å². The number of carbonyl (C=O) groups is 1. The highest BCUT2D eigenvalue weighted by Gasteiger charge is 2.25. The van der Waals surface area contributed by atoms with Gasteiger partial charge in [0, 0.05) is 33.2 Å². The van der Waals surface area contributed by atoms with Crippen molar-refractivity contribution in [3.63, 3.8) is 0 Å². The van der Waals surface area contributed by atoms with Crippen LogP contribution in [0, 0.1) is 6.92 Å². The number of nitrogens with zero attached hydrogens (tertiary/aromatic N) is 3. The Kier molecular flexibility index (Phi) is 7.04. The molecule has 0 saturated carbocycles. The van der Waals surface area contributed by atoms with Gasteiger partial charge in [-0.05, 0) is 65.9 Å². The van der Waals surface area contributed by atoms with Gasteiger partial charge in [-0.3, -0.25) is 9.48 Å². The Bertz CT molecular complexity index is 993. The number of carbonyl (C=O) groups excluding carboxylic acids is 1. The van der Waals surface area contributed by atoms with Crippen molar-refractivity contribution in [2.45, 2.75) is 38.8 Å². The van der Waals surface area contributed by atoms with E-state index in [0.717, 1.165) is 42.9 Å². The molecule has 3 heterocycles. The van der Waals surface area contributed by atoms with Crippen LogP contribution in [-0.2, 0) is 24.8 Å². The lowest BCUT2D eigenvalue weighted by atomic mass is 10.1. The van der Waals surface area contributed by atoms with E-state index in [1.165, 1.54) is 5.56 Å². The van der Waals surface area contributed by atoms with Gasteiger partial charge in [-0.2, -0.15) is 16.4 Å². The maximum Gasteiger partial charge on any atom is 0.272 e. The number of hydrogen-bond acceptors (Lipinski definition) is 5. The Hall–Kier alpha value is -2.64. The Morgan fingerprint density at radius 1 is 1.32 bits per heavy atom. The third kappa shape index (κ3) is 5.74. The van der Waals surface area contributed by atoms with Crippen LogP contribution in [0.25, 0.3) is 0 Å². The van der Waals surface area contributed by atoms with Crippen LogP contribution in [-0.4, -0.2) is 46.5 Å². The second-order valence-corrected chi connectivity index (χ2v) is 8.77. The predicted octanol–water partition coefficient (Wildman–Crippen LogP) is 4.23. The van der Waals surface area contributed by atoms with Gasteiger partial charge in [0.05, 0.1) is 18.4 Å². The van der Waals surface area contributed by atoms with E-state index < -0.39 is 0 Å². The summed E-state index contributed by atoms with van der Waals surface area (Å²) >= 11 is 1.70. The first-order valence-electron chi connectivity index (χ1n) is 10.7. The molecule has 1 fully saturated rings. The number of rotatable bonds is 9. The van der Waals surface area contributed by atoms with Crippen molar-refractivity contribution in [2.75, 3.05) is 19.8 Å². The molecule has 7 heteroatoms. The molecule has 2 aromatic heterocycles. The van der Waals surface area contributed by atoms with Crippen LogP contribution in [0.5, 0.6) is 5.75 Å². The quantitative estimate of drug-likeness (QED) is 0.501. The topological polar surface area (TPSA) is 56.6 Å². The van der Waals surface area contributed by atoms with E-state index >= 15 is 0 Å². The van der Waals surface area contributed by atoms with Crippen LogP contribution >= 0.6 is 11.3 Å². The summed E-state index contributed by atoms with van der Waals surface area (Å²) in [5.74, 6) is 0.802. The summed E-state index contributed by atoms with van der Waals surface area (Å²) in [6.45, 7) is 4.38. The normalized spacial score (nSPS) is 15.9. The second kappa shape index (κ2) is 10.1. The fraction of sp³-hybridized carbons (Fsp3) is 0.417. The van der Waals surface area contributed by atoms with E-state index in [0.29, 0.717) is 25.4 Å². The monoisotopic (exact) mass is 439 g/mol. The van der Waals surface area contributed by atoms with Gasteiger partial charge >= 0.3 is 0 Å². The lowest BCUT2D eigenvalue weighted by molar-refractivity contribution is 0.0499. The maximum absolute atomic E-state index is 13.3. The first-order valence-corrected chi connectivity index (χ1v) is 11.7. The zero-order chi connectivity index (χ0) is 21.6. The molecule has 1 saturated heterocycles. The van der Waals surface area contributed by atoms with Crippen molar-refractivity contribution in [3.8, 4) is 5.75 Å². The van der Waals surface area contributed by atoms with Gasteiger partial charge in [0.25, 0.3) is 5.91 Å². The highest BCUT2D eigenvalue weighted by molar-refractivity contribution is 7.07. The largest absolute Gasteiger partial charge is 0.493 e. The van der Waals surface area contributed by atoms with E-state index in [4.69, 9.17) is 9.47 Å². The molecule has 1 atom stereocenters. The molecule has 1 aromatic carbocycles. The molecular weight excluding hydrogens is 410 g/mol. The molecule has 0 spiro atoms. The summed E-state index contributed by atoms with van der Waals surface area (Å²) in [6.07, 6.45) is 3.01. The van der Waals surface area contributed by atoms with Gasteiger partial charge in [0.1, 0.15) is 11.4 Å². The van der Waals surface area contributed by atoms with E-state index in [1.54, 1.807) is 16.0 Å². The third-order valence-electron chi connectivity index (χ3n) is 5.47. The van der Waals surface area contributed by atoms with E-state index in [-0.39, 0.29) is 12.0 Å². The lowest BCUT2D eigenvalue weighted by Gasteiger charge is -2.26. The minimum absolute atomic E-state index is 0.0256. The van der Waals surface area contributed by atoms with Gasteiger partial charge in [-0.15, -0.1) is 0 Å². The first kappa shape index (κ1) is 21.6. The molecule has 0 N–H and O–H groups in total. The molecular formula is C24H29N3O3S. The van der Waals surface area contributed by atoms with Crippen molar-refractivity contribution in [1.82, 2.24) is 14.7 Å². The fourth-order valence-corrected chi connectivity index (χ4v) is 4.60. The zero-order valence-electron chi connectivity index (χ0n) is 18.1. The zero-order valence-corrected chi connectivity index (χ0v) is 18.9. The van der Waals surface area contributed by atoms with Crippen LogP contribution in [0.4, 0.5) is 0 Å². The van der Waals surface area contributed by atoms with Crippen molar-refractivity contribution in [2.24, 2.45) is 7.05 Å². The molecule has 164 valence electrons. The Labute approximate surface area is 187 Å². The van der Waals surface area contributed by atoms with Crippen molar-refractivity contribution >= 4 is 17.2 Å². The average molecular weight is 440 g/mol. The molecule has 4 rings (SSSR count). The summed E-state index contributed by atoms with van der Waals surface area (Å²) in [5.41, 5.74) is 3.77. The number of aryl methyl sites for hydroxylation is 2. The minimum Gasteiger partial charge on any atom is -0.493 e. The van der Waals surface area contributed by atoms with Crippen molar-refractivity contribution in [3.05, 3.63) is 69.7 Å². The fourth-order valence-electron chi connectivity index (χ4n) is 3.90. The van der Waals surface area contributed by atoms with E-state index in [1.807, 2.05) is 49.2 Å².